The highest BCUT2D eigenvalue weighted by molar-refractivity contribution is 7.98. The number of carbonyl (C=O) groups excluding carboxylic acids is 1. The Balaban J connectivity index is 1.88. The summed E-state index contributed by atoms with van der Waals surface area (Å²) >= 11 is 1.89. The molecule has 0 aromatic rings. The molecule has 0 aromatic heterocycles. The van der Waals surface area contributed by atoms with Gasteiger partial charge in [0.25, 0.3) is 0 Å². The SMILES string of the molecule is CSCCCCN1C(=O)C2(CCCC2)NC1C. The highest BCUT2D eigenvalue weighted by Crippen LogP contribution is 2.36. The molecule has 1 unspecified atom stereocenters. The second-order valence-corrected chi connectivity index (χ2v) is 6.29. The van der Waals surface area contributed by atoms with E-state index in [1.165, 1.54) is 25.0 Å². The van der Waals surface area contributed by atoms with Crippen LogP contribution in [0.25, 0.3) is 0 Å². The lowest BCUT2D eigenvalue weighted by Crippen LogP contribution is -2.44. The molecular weight excluding hydrogens is 232 g/mol. The van der Waals surface area contributed by atoms with E-state index in [2.05, 4.69) is 23.4 Å². The Morgan fingerprint density at radius 3 is 2.76 bits per heavy atom. The first-order valence-corrected chi connectivity index (χ1v) is 8.17. The highest BCUT2D eigenvalue weighted by atomic mass is 32.2. The number of unbranched alkanes of at least 4 members (excludes halogenated alkanes) is 1. The van der Waals surface area contributed by atoms with Crippen molar-refractivity contribution in [3.63, 3.8) is 0 Å². The third kappa shape index (κ3) is 2.63. The fourth-order valence-corrected chi connectivity index (χ4v) is 3.64. The molecule has 1 heterocycles. The molecule has 1 aliphatic carbocycles. The van der Waals surface area contributed by atoms with Crippen molar-refractivity contribution in [1.29, 1.82) is 0 Å². The van der Waals surface area contributed by atoms with Crippen molar-refractivity contribution in [3.8, 4) is 0 Å². The van der Waals surface area contributed by atoms with E-state index in [-0.39, 0.29) is 11.7 Å². The minimum absolute atomic E-state index is 0.182. The summed E-state index contributed by atoms with van der Waals surface area (Å²) in [6.07, 6.45) is 9.19. The molecule has 2 rings (SSSR count). The molecule has 3 nitrogen and oxygen atoms in total. The van der Waals surface area contributed by atoms with Crippen LogP contribution in [-0.2, 0) is 4.79 Å². The first kappa shape index (κ1) is 13.2. The van der Waals surface area contributed by atoms with Crippen molar-refractivity contribution in [3.05, 3.63) is 0 Å². The summed E-state index contributed by atoms with van der Waals surface area (Å²) in [5.41, 5.74) is -0.182. The zero-order valence-corrected chi connectivity index (χ0v) is 11.8. The van der Waals surface area contributed by atoms with E-state index >= 15 is 0 Å². The van der Waals surface area contributed by atoms with Crippen LogP contribution in [0.2, 0.25) is 0 Å². The van der Waals surface area contributed by atoms with E-state index in [0.717, 1.165) is 25.8 Å². The number of amides is 1. The van der Waals surface area contributed by atoms with Crippen molar-refractivity contribution in [2.45, 2.75) is 57.2 Å². The molecule has 1 saturated heterocycles. The second kappa shape index (κ2) is 5.61. The van der Waals surface area contributed by atoms with Crippen LogP contribution in [0.15, 0.2) is 0 Å². The van der Waals surface area contributed by atoms with E-state index in [0.29, 0.717) is 5.91 Å². The van der Waals surface area contributed by atoms with Crippen molar-refractivity contribution >= 4 is 17.7 Å². The number of hydrogen-bond donors (Lipinski definition) is 1. The number of carbonyl (C=O) groups is 1. The molecule has 1 atom stereocenters. The predicted octanol–water partition coefficient (Wildman–Crippen LogP) is 2.22. The topological polar surface area (TPSA) is 32.3 Å². The zero-order valence-electron chi connectivity index (χ0n) is 11.0. The molecule has 1 amide bonds. The maximum absolute atomic E-state index is 12.5. The zero-order chi connectivity index (χ0) is 12.3. The molecule has 98 valence electrons. The Labute approximate surface area is 109 Å². The van der Waals surface area contributed by atoms with Gasteiger partial charge >= 0.3 is 0 Å². The van der Waals surface area contributed by atoms with Gasteiger partial charge in [0.15, 0.2) is 0 Å². The van der Waals surface area contributed by atoms with Gasteiger partial charge in [-0.1, -0.05) is 12.8 Å². The van der Waals surface area contributed by atoms with E-state index < -0.39 is 0 Å². The summed E-state index contributed by atoms with van der Waals surface area (Å²) in [6.45, 7) is 3.05. The van der Waals surface area contributed by atoms with Crippen LogP contribution in [0, 0.1) is 0 Å². The maximum Gasteiger partial charge on any atom is 0.244 e. The van der Waals surface area contributed by atoms with Gasteiger partial charge in [-0.25, -0.2) is 0 Å². The predicted molar refractivity (Wildman–Crippen MR) is 73.1 cm³/mol. The van der Waals surface area contributed by atoms with Gasteiger partial charge in [-0.15, -0.1) is 0 Å². The van der Waals surface area contributed by atoms with Crippen LogP contribution in [0.1, 0.15) is 45.4 Å². The van der Waals surface area contributed by atoms with E-state index in [4.69, 9.17) is 0 Å². The molecule has 1 spiro atoms. The van der Waals surface area contributed by atoms with Crippen LogP contribution < -0.4 is 5.32 Å². The Hall–Kier alpha value is -0.220. The van der Waals surface area contributed by atoms with Gasteiger partial charge in [-0.2, -0.15) is 11.8 Å². The molecule has 4 heteroatoms. The number of thioether (sulfide) groups is 1. The third-order valence-electron chi connectivity index (χ3n) is 4.08. The van der Waals surface area contributed by atoms with Crippen LogP contribution in [0.3, 0.4) is 0 Å². The average Bonchev–Trinajstić information content (AvgIpc) is 2.85. The first-order chi connectivity index (χ1) is 8.19. The number of nitrogens with zero attached hydrogens (tertiary/aromatic N) is 1. The summed E-state index contributed by atoms with van der Waals surface area (Å²) in [4.78, 5) is 14.5. The molecule has 1 saturated carbocycles. The summed E-state index contributed by atoms with van der Waals surface area (Å²) < 4.78 is 0. The normalized spacial score (nSPS) is 27.3. The fourth-order valence-electron chi connectivity index (χ4n) is 3.15. The fraction of sp³-hybridized carbons (Fsp3) is 0.923. The van der Waals surface area contributed by atoms with Crippen molar-refractivity contribution < 1.29 is 4.79 Å². The van der Waals surface area contributed by atoms with Gasteiger partial charge < -0.3 is 4.90 Å². The van der Waals surface area contributed by atoms with Gasteiger partial charge in [-0.05, 0) is 44.6 Å². The summed E-state index contributed by atoms with van der Waals surface area (Å²) in [6, 6.07) is 0. The molecule has 0 radical (unpaired) electrons. The third-order valence-corrected chi connectivity index (χ3v) is 4.77. The van der Waals surface area contributed by atoms with Crippen LogP contribution >= 0.6 is 11.8 Å². The summed E-state index contributed by atoms with van der Waals surface area (Å²) in [7, 11) is 0. The minimum atomic E-state index is -0.182. The highest BCUT2D eigenvalue weighted by Gasteiger charge is 2.50. The molecule has 0 aromatic carbocycles. The van der Waals surface area contributed by atoms with Crippen LogP contribution in [0.4, 0.5) is 0 Å². The maximum atomic E-state index is 12.5. The molecule has 2 aliphatic rings. The Morgan fingerprint density at radius 2 is 2.12 bits per heavy atom. The average molecular weight is 256 g/mol. The molecular formula is C13H24N2OS. The number of rotatable bonds is 5. The lowest BCUT2D eigenvalue weighted by molar-refractivity contribution is -0.133. The summed E-state index contributed by atoms with van der Waals surface area (Å²) in [5.74, 6) is 1.57. The number of hydrogen-bond acceptors (Lipinski definition) is 3. The monoisotopic (exact) mass is 256 g/mol. The first-order valence-electron chi connectivity index (χ1n) is 6.77. The smallest absolute Gasteiger partial charge is 0.244 e. The molecule has 1 N–H and O–H groups in total. The molecule has 0 bridgehead atoms. The van der Waals surface area contributed by atoms with Gasteiger partial charge in [0.2, 0.25) is 5.91 Å². The largest absolute Gasteiger partial charge is 0.326 e. The Morgan fingerprint density at radius 1 is 1.41 bits per heavy atom. The van der Waals surface area contributed by atoms with Crippen molar-refractivity contribution in [2.24, 2.45) is 0 Å². The molecule has 2 fully saturated rings. The lowest BCUT2D eigenvalue weighted by Gasteiger charge is -2.22. The van der Waals surface area contributed by atoms with Crippen LogP contribution in [-0.4, -0.2) is 41.1 Å². The molecule has 1 aliphatic heterocycles. The summed E-state index contributed by atoms with van der Waals surface area (Å²) in [5, 5.41) is 3.54. The Bertz CT molecular complexity index is 277. The van der Waals surface area contributed by atoms with Gasteiger partial charge in [-0.3, -0.25) is 10.1 Å². The van der Waals surface area contributed by atoms with Crippen molar-refractivity contribution in [1.82, 2.24) is 10.2 Å². The van der Waals surface area contributed by atoms with Crippen LogP contribution in [0.5, 0.6) is 0 Å². The lowest BCUT2D eigenvalue weighted by atomic mass is 9.98. The van der Waals surface area contributed by atoms with Gasteiger partial charge in [0, 0.05) is 6.54 Å². The van der Waals surface area contributed by atoms with Gasteiger partial charge in [0.1, 0.15) is 0 Å². The second-order valence-electron chi connectivity index (χ2n) is 5.31. The quantitative estimate of drug-likeness (QED) is 0.766. The number of nitrogens with one attached hydrogen (secondary N) is 1. The van der Waals surface area contributed by atoms with E-state index in [1.54, 1.807) is 0 Å². The Kier molecular flexibility index (Phi) is 4.36. The molecule has 17 heavy (non-hydrogen) atoms. The van der Waals surface area contributed by atoms with E-state index in [1.807, 2.05) is 11.8 Å². The van der Waals surface area contributed by atoms with Crippen molar-refractivity contribution in [2.75, 3.05) is 18.6 Å². The standard InChI is InChI=1S/C13H24N2OS/c1-11-14-13(7-3-4-8-13)12(16)15(11)9-5-6-10-17-2/h11,14H,3-10H2,1-2H3. The van der Waals surface area contributed by atoms with Gasteiger partial charge in [0.05, 0.1) is 11.7 Å². The minimum Gasteiger partial charge on any atom is -0.326 e. The van der Waals surface area contributed by atoms with E-state index in [9.17, 15) is 4.79 Å².